The van der Waals surface area contributed by atoms with Crippen LogP contribution in [-0.2, 0) is 23.8 Å². The van der Waals surface area contributed by atoms with E-state index in [4.69, 9.17) is 14.2 Å². The Morgan fingerprint density at radius 1 is 1.21 bits per heavy atom. The SMILES string of the molecule is CC(=O)O[C@H]1CCN(C(=O)OC(C)(C)C)[C@H]1C(=O)N[C@@H]1[C@@H](O)[C@H](O)[C@@H](Nc2ncnc3nc[nH]c23)O[C@H]1CO. The molecule has 0 aromatic carbocycles. The first-order chi connectivity index (χ1) is 18.4. The van der Waals surface area contributed by atoms with Gasteiger partial charge in [0.15, 0.2) is 23.7 Å². The molecular formula is C23H33N7O9. The van der Waals surface area contributed by atoms with Crippen LogP contribution >= 0.6 is 0 Å². The third-order valence-electron chi connectivity index (χ3n) is 6.30. The summed E-state index contributed by atoms with van der Waals surface area (Å²) in [6.45, 7) is 5.64. The Morgan fingerprint density at radius 3 is 2.62 bits per heavy atom. The number of anilines is 1. The number of nitrogens with zero attached hydrogens (tertiary/aromatic N) is 4. The van der Waals surface area contributed by atoms with Gasteiger partial charge in [0.1, 0.15) is 41.9 Å². The average Bonchev–Trinajstić information content (AvgIpc) is 3.50. The number of aromatic amines is 1. The summed E-state index contributed by atoms with van der Waals surface area (Å²) in [5.41, 5.74) is -0.0562. The van der Waals surface area contributed by atoms with E-state index in [1.807, 2.05) is 0 Å². The van der Waals surface area contributed by atoms with Crippen molar-refractivity contribution >= 4 is 35.0 Å². The van der Waals surface area contributed by atoms with E-state index in [2.05, 4.69) is 30.6 Å². The third-order valence-corrected chi connectivity index (χ3v) is 6.30. The van der Waals surface area contributed by atoms with E-state index in [-0.39, 0.29) is 18.8 Å². The first kappa shape index (κ1) is 28.4. The maximum Gasteiger partial charge on any atom is 0.411 e. The molecule has 0 bridgehead atoms. The second-order valence-corrected chi connectivity index (χ2v) is 10.3. The lowest BCUT2D eigenvalue weighted by Crippen LogP contribution is -2.67. The van der Waals surface area contributed by atoms with Crippen LogP contribution < -0.4 is 10.6 Å². The molecule has 0 unspecified atom stereocenters. The van der Waals surface area contributed by atoms with Gasteiger partial charge in [-0.3, -0.25) is 14.5 Å². The molecule has 4 heterocycles. The molecular weight excluding hydrogens is 518 g/mol. The van der Waals surface area contributed by atoms with Gasteiger partial charge in [-0.2, -0.15) is 0 Å². The number of ether oxygens (including phenoxy) is 3. The molecule has 0 spiro atoms. The molecule has 0 saturated carbocycles. The number of imidazole rings is 1. The molecule has 39 heavy (non-hydrogen) atoms. The van der Waals surface area contributed by atoms with Gasteiger partial charge in [0, 0.05) is 19.9 Å². The number of carbonyl (C=O) groups is 3. The molecule has 2 aliphatic heterocycles. The van der Waals surface area contributed by atoms with Gasteiger partial charge in [0.25, 0.3) is 0 Å². The number of fused-ring (bicyclic) bond motifs is 1. The van der Waals surface area contributed by atoms with E-state index >= 15 is 0 Å². The number of hydrogen-bond acceptors (Lipinski definition) is 13. The monoisotopic (exact) mass is 551 g/mol. The predicted octanol–water partition coefficient (Wildman–Crippen LogP) is -1.37. The van der Waals surface area contributed by atoms with E-state index in [0.29, 0.717) is 11.2 Å². The zero-order chi connectivity index (χ0) is 28.5. The van der Waals surface area contributed by atoms with Crippen molar-refractivity contribution in [2.45, 2.75) is 82.4 Å². The number of aromatic nitrogens is 4. The standard InChI is InChI=1S/C23H33N7O9/c1-10(32)37-11-5-6-30(22(36)39-23(2,3)4)15(11)20(35)28-13-12(7-31)38-21(17(34)16(13)33)29-19-14-18(25-8-24-14)26-9-27-19/h8-9,11-13,15-17,21,31,33-34H,5-7H2,1-4H3,(H,28,35)(H2,24,25,26,27,29)/t11-,12-,13-,15+,16+,17-,21-/m0/s1. The molecule has 2 saturated heterocycles. The first-order valence-electron chi connectivity index (χ1n) is 12.4. The molecule has 2 fully saturated rings. The van der Waals surface area contributed by atoms with Crippen molar-refractivity contribution in [3.63, 3.8) is 0 Å². The van der Waals surface area contributed by atoms with Crippen LogP contribution in [0, 0.1) is 0 Å². The summed E-state index contributed by atoms with van der Waals surface area (Å²) in [6.07, 6.45) is -4.51. The lowest BCUT2D eigenvalue weighted by molar-refractivity contribution is -0.186. The van der Waals surface area contributed by atoms with Crippen LogP contribution in [0.5, 0.6) is 0 Å². The van der Waals surface area contributed by atoms with Gasteiger partial charge in [-0.15, -0.1) is 0 Å². The molecule has 0 aliphatic carbocycles. The number of amides is 2. The fraction of sp³-hybridized carbons (Fsp3) is 0.652. The number of aliphatic hydroxyl groups excluding tert-OH is 3. The normalized spacial score (nSPS) is 29.2. The van der Waals surface area contributed by atoms with Gasteiger partial charge >= 0.3 is 12.1 Å². The number of carbonyl (C=O) groups excluding carboxylic acids is 3. The molecule has 2 amide bonds. The second kappa shape index (κ2) is 11.3. The summed E-state index contributed by atoms with van der Waals surface area (Å²) in [7, 11) is 0. The van der Waals surface area contributed by atoms with Crippen LogP contribution in [-0.4, -0.2) is 120 Å². The minimum absolute atomic E-state index is 0.0771. The topological polar surface area (TPSA) is 221 Å². The lowest BCUT2D eigenvalue weighted by Gasteiger charge is -2.43. The molecule has 7 atom stereocenters. The predicted molar refractivity (Wildman–Crippen MR) is 132 cm³/mol. The number of aliphatic hydroxyl groups is 3. The highest BCUT2D eigenvalue weighted by Gasteiger charge is 2.50. The van der Waals surface area contributed by atoms with Gasteiger partial charge in [0.2, 0.25) is 5.91 Å². The van der Waals surface area contributed by atoms with Crippen molar-refractivity contribution in [2.75, 3.05) is 18.5 Å². The highest BCUT2D eigenvalue weighted by atomic mass is 16.6. The first-order valence-corrected chi connectivity index (χ1v) is 12.4. The number of rotatable bonds is 6. The number of hydrogen-bond donors (Lipinski definition) is 6. The Labute approximate surface area is 223 Å². The van der Waals surface area contributed by atoms with Crippen LogP contribution in [0.3, 0.4) is 0 Å². The van der Waals surface area contributed by atoms with Gasteiger partial charge < -0.3 is 45.1 Å². The van der Waals surface area contributed by atoms with Crippen LogP contribution in [0.15, 0.2) is 12.7 Å². The van der Waals surface area contributed by atoms with E-state index in [9.17, 15) is 29.7 Å². The molecule has 16 heteroatoms. The summed E-state index contributed by atoms with van der Waals surface area (Å²) in [6, 6.07) is -2.56. The minimum Gasteiger partial charge on any atom is -0.460 e. The molecule has 16 nitrogen and oxygen atoms in total. The van der Waals surface area contributed by atoms with Crippen molar-refractivity contribution in [1.82, 2.24) is 30.2 Å². The summed E-state index contributed by atoms with van der Waals surface area (Å²) < 4.78 is 16.5. The summed E-state index contributed by atoms with van der Waals surface area (Å²) in [5, 5.41) is 37.2. The van der Waals surface area contributed by atoms with Gasteiger partial charge in [-0.1, -0.05) is 0 Å². The number of H-pyrrole nitrogens is 1. The van der Waals surface area contributed by atoms with Crippen molar-refractivity contribution < 1.29 is 43.9 Å². The molecule has 2 aliphatic rings. The zero-order valence-electron chi connectivity index (χ0n) is 21.9. The Hall–Kier alpha value is -3.60. The van der Waals surface area contributed by atoms with Crippen molar-refractivity contribution in [1.29, 1.82) is 0 Å². The molecule has 0 radical (unpaired) electrons. The zero-order valence-corrected chi connectivity index (χ0v) is 21.9. The molecule has 6 N–H and O–H groups in total. The third kappa shape index (κ3) is 6.19. The van der Waals surface area contributed by atoms with Crippen LogP contribution in [0.4, 0.5) is 10.6 Å². The maximum atomic E-state index is 13.5. The van der Waals surface area contributed by atoms with Crippen LogP contribution in [0.2, 0.25) is 0 Å². The smallest absolute Gasteiger partial charge is 0.411 e. The molecule has 214 valence electrons. The lowest BCUT2D eigenvalue weighted by atomic mass is 9.94. The van der Waals surface area contributed by atoms with Crippen molar-refractivity contribution in [3.8, 4) is 0 Å². The number of likely N-dealkylation sites (tertiary alicyclic amines) is 1. The summed E-state index contributed by atoms with van der Waals surface area (Å²) in [4.78, 5) is 54.1. The van der Waals surface area contributed by atoms with E-state index in [1.165, 1.54) is 19.6 Å². The Bertz CT molecular complexity index is 1200. The van der Waals surface area contributed by atoms with Gasteiger partial charge in [-0.05, 0) is 20.8 Å². The largest absolute Gasteiger partial charge is 0.460 e. The highest BCUT2D eigenvalue weighted by Crippen LogP contribution is 2.27. The Kier molecular flexibility index (Phi) is 8.20. The Balaban J connectivity index is 1.51. The number of nitrogens with one attached hydrogen (secondary N) is 3. The fourth-order valence-electron chi connectivity index (χ4n) is 4.61. The Morgan fingerprint density at radius 2 is 1.95 bits per heavy atom. The second-order valence-electron chi connectivity index (χ2n) is 10.3. The van der Waals surface area contributed by atoms with E-state index in [1.54, 1.807) is 20.8 Å². The van der Waals surface area contributed by atoms with E-state index in [0.717, 1.165) is 4.90 Å². The van der Waals surface area contributed by atoms with Crippen LogP contribution in [0.1, 0.15) is 34.1 Å². The average molecular weight is 552 g/mol. The molecule has 2 aromatic heterocycles. The van der Waals surface area contributed by atoms with Crippen LogP contribution in [0.25, 0.3) is 11.2 Å². The van der Waals surface area contributed by atoms with Gasteiger partial charge in [-0.25, -0.2) is 19.7 Å². The van der Waals surface area contributed by atoms with Gasteiger partial charge in [0.05, 0.1) is 19.0 Å². The van der Waals surface area contributed by atoms with Crippen molar-refractivity contribution in [2.24, 2.45) is 0 Å². The summed E-state index contributed by atoms with van der Waals surface area (Å²) in [5.74, 6) is -1.20. The molecule has 2 aromatic rings. The number of esters is 1. The summed E-state index contributed by atoms with van der Waals surface area (Å²) >= 11 is 0. The quantitative estimate of drug-likeness (QED) is 0.228. The fourth-order valence-corrected chi connectivity index (χ4v) is 4.61. The van der Waals surface area contributed by atoms with Crippen molar-refractivity contribution in [3.05, 3.63) is 12.7 Å². The minimum atomic E-state index is -1.61. The maximum absolute atomic E-state index is 13.5. The highest BCUT2D eigenvalue weighted by molar-refractivity contribution is 5.88. The molecule has 4 rings (SSSR count). The van der Waals surface area contributed by atoms with E-state index < -0.39 is 72.9 Å².